The van der Waals surface area contributed by atoms with Crippen LogP contribution in [0.25, 0.3) is 27.5 Å². The summed E-state index contributed by atoms with van der Waals surface area (Å²) < 4.78 is 23.3. The van der Waals surface area contributed by atoms with Crippen LogP contribution in [-0.2, 0) is 11.8 Å². The summed E-state index contributed by atoms with van der Waals surface area (Å²) in [6.07, 6.45) is 11.3. The van der Waals surface area contributed by atoms with Gasteiger partial charge in [0.2, 0.25) is 0 Å². The second kappa shape index (κ2) is 8.17. The lowest BCUT2D eigenvalue weighted by Crippen LogP contribution is -2.25. The van der Waals surface area contributed by atoms with Gasteiger partial charge >= 0.3 is 5.69 Å². The van der Waals surface area contributed by atoms with E-state index in [-0.39, 0.29) is 23.7 Å². The third kappa shape index (κ3) is 3.43. The minimum absolute atomic E-state index is 0.0201. The maximum Gasteiger partial charge on any atom is 0.329 e. The number of pyridine rings is 1. The zero-order valence-electron chi connectivity index (χ0n) is 18.8. The number of aromatic nitrogens is 3. The maximum absolute atomic E-state index is 14.1. The summed E-state index contributed by atoms with van der Waals surface area (Å²) in [5.41, 5.74) is 5.59. The van der Waals surface area contributed by atoms with Gasteiger partial charge in [0.15, 0.2) is 0 Å². The van der Waals surface area contributed by atoms with E-state index >= 15 is 0 Å². The number of imidazole rings is 1. The minimum Gasteiger partial charge on any atom is -0.381 e. The van der Waals surface area contributed by atoms with Crippen LogP contribution < -0.4 is 5.69 Å². The fourth-order valence-electron chi connectivity index (χ4n) is 5.09. The number of nitrogens with zero attached hydrogens (tertiary/aromatic N) is 3. The summed E-state index contributed by atoms with van der Waals surface area (Å²) in [6.45, 7) is 2.05. The van der Waals surface area contributed by atoms with Crippen LogP contribution in [0.3, 0.4) is 0 Å². The molecular weight excluding hydrogens is 405 g/mol. The molecule has 0 amide bonds. The smallest absolute Gasteiger partial charge is 0.329 e. The third-order valence-electron chi connectivity index (χ3n) is 6.96. The maximum atomic E-state index is 14.1. The summed E-state index contributed by atoms with van der Waals surface area (Å²) in [4.78, 5) is 17.9. The molecule has 1 saturated carbocycles. The molecule has 3 aromatic rings. The predicted octanol–water partition coefficient (Wildman–Crippen LogP) is 5.61. The molecule has 1 aromatic carbocycles. The number of allylic oxidation sites excluding steroid dienone is 6. The molecule has 32 heavy (non-hydrogen) atoms. The molecule has 5 rings (SSSR count). The topological polar surface area (TPSA) is 49.1 Å². The first-order chi connectivity index (χ1) is 15.5. The molecule has 0 radical (unpaired) electrons. The third-order valence-corrected chi connectivity index (χ3v) is 6.96. The SMILES string of the molecule is CCC1=CC(c2ccc3ncc4c(c3c2)n(C2CCC(OC)C2)c(=O)n4C)=CC=C(F)C1. The summed E-state index contributed by atoms with van der Waals surface area (Å²) in [6, 6.07) is 6.21. The number of rotatable bonds is 4. The van der Waals surface area contributed by atoms with Crippen molar-refractivity contribution in [3.63, 3.8) is 0 Å². The van der Waals surface area contributed by atoms with Crippen molar-refractivity contribution in [2.75, 3.05) is 7.11 Å². The highest BCUT2D eigenvalue weighted by atomic mass is 19.1. The molecule has 2 unspecified atom stereocenters. The zero-order chi connectivity index (χ0) is 22.4. The van der Waals surface area contributed by atoms with Crippen LogP contribution in [0.4, 0.5) is 4.39 Å². The zero-order valence-corrected chi connectivity index (χ0v) is 18.8. The Balaban J connectivity index is 1.73. The van der Waals surface area contributed by atoms with E-state index in [9.17, 15) is 9.18 Å². The summed E-state index contributed by atoms with van der Waals surface area (Å²) in [5.74, 6) is -0.122. The quantitative estimate of drug-likeness (QED) is 0.538. The van der Waals surface area contributed by atoms with Gasteiger partial charge in [-0.05, 0) is 55.0 Å². The van der Waals surface area contributed by atoms with E-state index in [1.165, 1.54) is 0 Å². The molecule has 2 aliphatic carbocycles. The second-order valence-corrected chi connectivity index (χ2v) is 8.83. The van der Waals surface area contributed by atoms with Gasteiger partial charge in [-0.15, -0.1) is 0 Å². The van der Waals surface area contributed by atoms with E-state index in [0.717, 1.165) is 64.3 Å². The Labute approximate surface area is 186 Å². The van der Waals surface area contributed by atoms with Crippen LogP contribution >= 0.6 is 0 Å². The first kappa shape index (κ1) is 20.9. The summed E-state index contributed by atoms with van der Waals surface area (Å²) in [7, 11) is 3.54. The predicted molar refractivity (Wildman–Crippen MR) is 126 cm³/mol. The van der Waals surface area contributed by atoms with Crippen LogP contribution in [0.2, 0.25) is 0 Å². The fourth-order valence-corrected chi connectivity index (χ4v) is 5.09. The largest absolute Gasteiger partial charge is 0.381 e. The van der Waals surface area contributed by atoms with Gasteiger partial charge < -0.3 is 4.74 Å². The molecule has 0 aliphatic heterocycles. The van der Waals surface area contributed by atoms with Crippen LogP contribution in [0.1, 0.15) is 50.6 Å². The van der Waals surface area contributed by atoms with Gasteiger partial charge in [-0.3, -0.25) is 14.1 Å². The lowest BCUT2D eigenvalue weighted by atomic mass is 9.99. The fraction of sp³-hybridized carbons (Fsp3) is 0.385. The summed E-state index contributed by atoms with van der Waals surface area (Å²) >= 11 is 0. The average Bonchev–Trinajstić information content (AvgIpc) is 3.31. The number of methoxy groups -OCH3 is 1. The molecule has 166 valence electrons. The molecule has 2 heterocycles. The number of aryl methyl sites for hydroxylation is 1. The van der Waals surface area contributed by atoms with Crippen molar-refractivity contribution in [1.29, 1.82) is 0 Å². The molecular formula is C26H28FN3O2. The molecule has 1 fully saturated rings. The summed E-state index contributed by atoms with van der Waals surface area (Å²) in [5, 5.41) is 0.944. The highest BCUT2D eigenvalue weighted by Crippen LogP contribution is 2.36. The standard InChI is InChI=1S/C26H28FN3O2/c1-4-16-11-17(5-7-19(27)12-16)18-6-10-23-22(13-18)25-24(15-28-23)29(2)26(31)30(25)20-8-9-21(14-20)32-3/h5-7,10-11,13,15,20-21H,4,8-9,12,14H2,1-3H3. The molecule has 2 aromatic heterocycles. The first-order valence-electron chi connectivity index (χ1n) is 11.3. The monoisotopic (exact) mass is 433 g/mol. The first-order valence-corrected chi connectivity index (χ1v) is 11.3. The van der Waals surface area contributed by atoms with Gasteiger partial charge in [0.1, 0.15) is 5.83 Å². The van der Waals surface area contributed by atoms with E-state index in [0.29, 0.717) is 6.42 Å². The van der Waals surface area contributed by atoms with E-state index in [1.54, 1.807) is 31.0 Å². The van der Waals surface area contributed by atoms with Crippen molar-refractivity contribution in [1.82, 2.24) is 14.1 Å². The van der Waals surface area contributed by atoms with E-state index in [4.69, 9.17) is 4.74 Å². The number of hydrogen-bond donors (Lipinski definition) is 0. The van der Waals surface area contributed by atoms with Gasteiger partial charge in [0.25, 0.3) is 0 Å². The Hall–Kier alpha value is -2.99. The molecule has 0 spiro atoms. The van der Waals surface area contributed by atoms with Crippen molar-refractivity contribution < 1.29 is 9.13 Å². The number of halogens is 1. The number of hydrogen-bond acceptors (Lipinski definition) is 3. The van der Waals surface area contributed by atoms with Crippen molar-refractivity contribution in [2.24, 2.45) is 7.05 Å². The molecule has 0 N–H and O–H groups in total. The normalized spacial score (nSPS) is 21.6. The minimum atomic E-state index is -0.122. The average molecular weight is 434 g/mol. The number of benzene rings is 1. The highest BCUT2D eigenvalue weighted by Gasteiger charge is 2.29. The van der Waals surface area contributed by atoms with E-state index in [1.807, 2.05) is 29.7 Å². The number of ether oxygens (including phenoxy) is 1. The Morgan fingerprint density at radius 2 is 2.09 bits per heavy atom. The molecule has 0 bridgehead atoms. The Morgan fingerprint density at radius 1 is 1.25 bits per heavy atom. The van der Waals surface area contributed by atoms with E-state index in [2.05, 4.69) is 17.1 Å². The van der Waals surface area contributed by atoms with Crippen LogP contribution in [0.5, 0.6) is 0 Å². The van der Waals surface area contributed by atoms with Crippen LogP contribution in [0, 0.1) is 0 Å². The lowest BCUT2D eigenvalue weighted by Gasteiger charge is -2.14. The Morgan fingerprint density at radius 3 is 2.84 bits per heavy atom. The van der Waals surface area contributed by atoms with Gasteiger partial charge in [-0.1, -0.05) is 30.7 Å². The highest BCUT2D eigenvalue weighted by molar-refractivity contribution is 6.03. The molecule has 0 saturated heterocycles. The number of fused-ring (bicyclic) bond motifs is 3. The molecule has 5 nitrogen and oxygen atoms in total. The Kier molecular flexibility index (Phi) is 5.33. The molecule has 2 aliphatic rings. The van der Waals surface area contributed by atoms with Crippen molar-refractivity contribution in [3.8, 4) is 0 Å². The van der Waals surface area contributed by atoms with Crippen molar-refractivity contribution in [3.05, 3.63) is 70.1 Å². The van der Waals surface area contributed by atoms with Crippen LogP contribution in [-0.4, -0.2) is 27.3 Å². The van der Waals surface area contributed by atoms with Gasteiger partial charge in [0.05, 0.1) is 28.9 Å². The molecule has 2 atom stereocenters. The lowest BCUT2D eigenvalue weighted by molar-refractivity contribution is 0.106. The van der Waals surface area contributed by atoms with Gasteiger partial charge in [-0.2, -0.15) is 0 Å². The molecule has 6 heteroatoms. The Bertz CT molecular complexity index is 1360. The van der Waals surface area contributed by atoms with Gasteiger partial charge in [0, 0.05) is 32.0 Å². The van der Waals surface area contributed by atoms with E-state index < -0.39 is 0 Å². The second-order valence-electron chi connectivity index (χ2n) is 8.83. The van der Waals surface area contributed by atoms with Crippen molar-refractivity contribution in [2.45, 2.75) is 51.2 Å². The van der Waals surface area contributed by atoms with Crippen molar-refractivity contribution >= 4 is 27.5 Å². The van der Waals surface area contributed by atoms with Crippen LogP contribution in [0.15, 0.2) is 58.8 Å². The van der Waals surface area contributed by atoms with Gasteiger partial charge in [-0.25, -0.2) is 9.18 Å².